The van der Waals surface area contributed by atoms with Gasteiger partial charge in [-0.05, 0) is 49.9 Å². The second kappa shape index (κ2) is 8.58. The van der Waals surface area contributed by atoms with Gasteiger partial charge >= 0.3 is 0 Å². The summed E-state index contributed by atoms with van der Waals surface area (Å²) in [5, 5.41) is 16.1. The minimum Gasteiger partial charge on any atom is -0.390 e. The Hall–Kier alpha value is -3.46. The van der Waals surface area contributed by atoms with E-state index in [1.807, 2.05) is 49.6 Å². The van der Waals surface area contributed by atoms with Gasteiger partial charge in [0, 0.05) is 39.7 Å². The average Bonchev–Trinajstić information content (AvgIpc) is 3.45. The second-order valence-electron chi connectivity index (χ2n) is 7.49. The summed E-state index contributed by atoms with van der Waals surface area (Å²) >= 11 is 1.65. The van der Waals surface area contributed by atoms with E-state index in [0.717, 1.165) is 49.7 Å². The highest BCUT2D eigenvalue weighted by molar-refractivity contribution is 7.15. The van der Waals surface area contributed by atoms with Crippen molar-refractivity contribution in [2.45, 2.75) is 20.0 Å². The van der Waals surface area contributed by atoms with Crippen molar-refractivity contribution in [2.75, 3.05) is 6.54 Å². The van der Waals surface area contributed by atoms with Gasteiger partial charge in [-0.15, -0.1) is 11.3 Å². The van der Waals surface area contributed by atoms with Crippen LogP contribution in [0.15, 0.2) is 60.9 Å². The van der Waals surface area contributed by atoms with Crippen molar-refractivity contribution in [3.05, 3.63) is 77.2 Å². The van der Waals surface area contributed by atoms with Crippen LogP contribution >= 0.6 is 11.3 Å². The minimum atomic E-state index is -0.125. The summed E-state index contributed by atoms with van der Waals surface area (Å²) in [4.78, 5) is 15.1. The molecule has 0 aliphatic rings. The summed E-state index contributed by atoms with van der Waals surface area (Å²) in [5.41, 5.74) is 11.0. The van der Waals surface area contributed by atoms with Crippen molar-refractivity contribution < 1.29 is 5.11 Å². The number of aryl methyl sites for hydroxylation is 1. The van der Waals surface area contributed by atoms with Crippen molar-refractivity contribution in [2.24, 2.45) is 5.73 Å². The third-order valence-electron chi connectivity index (χ3n) is 5.21. The van der Waals surface area contributed by atoms with E-state index in [0.29, 0.717) is 18.1 Å². The first kappa shape index (κ1) is 20.4. The molecule has 0 fully saturated rings. The average molecular weight is 443 g/mol. The predicted molar refractivity (Wildman–Crippen MR) is 127 cm³/mol. The van der Waals surface area contributed by atoms with Crippen LogP contribution in [0.4, 0.5) is 0 Å². The van der Waals surface area contributed by atoms with E-state index in [1.54, 1.807) is 22.1 Å². The summed E-state index contributed by atoms with van der Waals surface area (Å²) in [6.45, 7) is 2.48. The van der Waals surface area contributed by atoms with Crippen LogP contribution in [0.2, 0.25) is 0 Å². The molecule has 32 heavy (non-hydrogen) atoms. The van der Waals surface area contributed by atoms with Crippen molar-refractivity contribution in [1.29, 1.82) is 0 Å². The van der Waals surface area contributed by atoms with Gasteiger partial charge in [-0.2, -0.15) is 5.10 Å². The quantitative estimate of drug-likeness (QED) is 0.413. The van der Waals surface area contributed by atoms with Gasteiger partial charge < -0.3 is 10.8 Å². The summed E-state index contributed by atoms with van der Waals surface area (Å²) in [5.74, 6) is 0.648. The molecule has 0 unspecified atom stereocenters. The molecule has 7 nitrogen and oxygen atoms in total. The molecule has 5 aromatic rings. The Balaban J connectivity index is 1.75. The van der Waals surface area contributed by atoms with E-state index in [-0.39, 0.29) is 6.61 Å². The number of aliphatic hydroxyl groups is 1. The zero-order valence-electron chi connectivity index (χ0n) is 17.6. The lowest BCUT2D eigenvalue weighted by Crippen LogP contribution is -2.04. The fourth-order valence-corrected chi connectivity index (χ4v) is 4.51. The number of aromatic nitrogens is 5. The minimum absolute atomic E-state index is 0.125. The van der Waals surface area contributed by atoms with Gasteiger partial charge in [0.05, 0.1) is 29.7 Å². The molecule has 0 spiro atoms. The molecular formula is C24H22N6OS. The molecule has 0 atom stereocenters. The smallest absolute Gasteiger partial charge is 0.154 e. The van der Waals surface area contributed by atoms with Gasteiger partial charge in [0.1, 0.15) is 5.01 Å². The van der Waals surface area contributed by atoms with Crippen molar-refractivity contribution in [3.63, 3.8) is 0 Å². The lowest BCUT2D eigenvalue weighted by molar-refractivity contribution is 0.276. The largest absolute Gasteiger partial charge is 0.390 e. The van der Waals surface area contributed by atoms with Crippen LogP contribution in [0.1, 0.15) is 16.3 Å². The zero-order valence-corrected chi connectivity index (χ0v) is 18.4. The number of thiazole rings is 1. The Labute approximate surface area is 189 Å². The SMILES string of the molecule is Cc1cnc(-c2cc(-c3cccc(CCN)n3)cc3c2cnn3-c2cccc(CO)n2)s1. The Morgan fingerprint density at radius 3 is 2.66 bits per heavy atom. The summed E-state index contributed by atoms with van der Waals surface area (Å²) < 4.78 is 1.80. The molecule has 1 aromatic carbocycles. The normalized spacial score (nSPS) is 11.3. The lowest BCUT2D eigenvalue weighted by Gasteiger charge is -2.09. The predicted octanol–water partition coefficient (Wildman–Crippen LogP) is 3.91. The van der Waals surface area contributed by atoms with Crippen LogP contribution in [0.25, 0.3) is 38.5 Å². The summed E-state index contributed by atoms with van der Waals surface area (Å²) in [6, 6.07) is 15.7. The molecule has 160 valence electrons. The Kier molecular flexibility index (Phi) is 5.48. The summed E-state index contributed by atoms with van der Waals surface area (Å²) in [7, 11) is 0. The number of hydrogen-bond donors (Lipinski definition) is 2. The van der Waals surface area contributed by atoms with Gasteiger partial charge in [0.25, 0.3) is 0 Å². The number of rotatable bonds is 6. The molecule has 8 heteroatoms. The van der Waals surface area contributed by atoms with E-state index in [9.17, 15) is 5.11 Å². The molecule has 0 aliphatic heterocycles. The molecule has 0 saturated carbocycles. The third kappa shape index (κ3) is 3.80. The van der Waals surface area contributed by atoms with Crippen LogP contribution in [0, 0.1) is 6.92 Å². The lowest BCUT2D eigenvalue weighted by atomic mass is 10.0. The molecule has 4 aromatic heterocycles. The fraction of sp³-hybridized carbons (Fsp3) is 0.167. The Morgan fingerprint density at radius 2 is 1.88 bits per heavy atom. The monoisotopic (exact) mass is 442 g/mol. The van der Waals surface area contributed by atoms with E-state index >= 15 is 0 Å². The van der Waals surface area contributed by atoms with Crippen LogP contribution in [-0.2, 0) is 13.0 Å². The number of nitrogens with zero attached hydrogens (tertiary/aromatic N) is 5. The fourth-order valence-electron chi connectivity index (χ4n) is 3.71. The number of hydrogen-bond acceptors (Lipinski definition) is 7. The Bertz CT molecular complexity index is 1410. The van der Waals surface area contributed by atoms with Crippen molar-refractivity contribution in [1.82, 2.24) is 24.7 Å². The van der Waals surface area contributed by atoms with Gasteiger partial charge in [-0.3, -0.25) is 4.98 Å². The third-order valence-corrected chi connectivity index (χ3v) is 6.16. The standard InChI is InChI=1S/C24H22N6OS/c1-15-12-26-24(32-15)19-10-16(21-6-2-4-17(28-21)8-9-25)11-22-20(19)13-27-30(22)23-7-3-5-18(14-31)29-23/h2-7,10-13,31H,8-9,14,25H2,1H3. The summed E-state index contributed by atoms with van der Waals surface area (Å²) in [6.07, 6.45) is 4.45. The van der Waals surface area contributed by atoms with Gasteiger partial charge in [0.2, 0.25) is 0 Å². The van der Waals surface area contributed by atoms with Crippen molar-refractivity contribution >= 4 is 22.2 Å². The molecule has 0 bridgehead atoms. The van der Waals surface area contributed by atoms with Crippen LogP contribution < -0.4 is 5.73 Å². The highest BCUT2D eigenvalue weighted by Crippen LogP contribution is 2.36. The first-order valence-corrected chi connectivity index (χ1v) is 11.2. The van der Waals surface area contributed by atoms with Gasteiger partial charge in [-0.25, -0.2) is 14.6 Å². The number of aliphatic hydroxyl groups excluding tert-OH is 1. The Morgan fingerprint density at radius 1 is 1.03 bits per heavy atom. The highest BCUT2D eigenvalue weighted by atomic mass is 32.1. The highest BCUT2D eigenvalue weighted by Gasteiger charge is 2.16. The number of fused-ring (bicyclic) bond motifs is 1. The van der Waals surface area contributed by atoms with E-state index in [2.05, 4.69) is 27.2 Å². The molecule has 0 aliphatic carbocycles. The second-order valence-corrected chi connectivity index (χ2v) is 8.72. The topological polar surface area (TPSA) is 103 Å². The van der Waals surface area contributed by atoms with E-state index in [1.165, 1.54) is 0 Å². The number of nitrogens with two attached hydrogens (primary N) is 1. The van der Waals surface area contributed by atoms with Crippen molar-refractivity contribution in [3.8, 4) is 27.6 Å². The zero-order chi connectivity index (χ0) is 22.1. The maximum Gasteiger partial charge on any atom is 0.154 e. The van der Waals surface area contributed by atoms with Gasteiger partial charge in [-0.1, -0.05) is 12.1 Å². The molecule has 4 heterocycles. The number of benzene rings is 1. The maximum absolute atomic E-state index is 9.51. The van der Waals surface area contributed by atoms with E-state index < -0.39 is 0 Å². The molecule has 0 amide bonds. The molecule has 0 saturated heterocycles. The van der Waals surface area contributed by atoms with E-state index in [4.69, 9.17) is 10.7 Å². The van der Waals surface area contributed by atoms with Crippen LogP contribution in [0.5, 0.6) is 0 Å². The molecule has 0 radical (unpaired) electrons. The van der Waals surface area contributed by atoms with Gasteiger partial charge in [0.15, 0.2) is 5.82 Å². The van der Waals surface area contributed by atoms with Crippen LogP contribution in [0.3, 0.4) is 0 Å². The molecule has 5 rings (SSSR count). The van der Waals surface area contributed by atoms with Crippen LogP contribution in [-0.4, -0.2) is 36.4 Å². The molecule has 3 N–H and O–H groups in total. The first-order valence-electron chi connectivity index (χ1n) is 10.3. The molecular weight excluding hydrogens is 420 g/mol. The first-order chi connectivity index (χ1) is 15.7. The number of pyridine rings is 2. The maximum atomic E-state index is 9.51.